The van der Waals surface area contributed by atoms with Crippen LogP contribution in [-0.4, -0.2) is 46.3 Å². The number of aliphatic imine (C=N–C) groups is 1. The molecule has 3 aliphatic rings. The van der Waals surface area contributed by atoms with Crippen LogP contribution < -0.4 is 19.9 Å². The van der Waals surface area contributed by atoms with Gasteiger partial charge in [-0.1, -0.05) is 6.07 Å². The maximum Gasteiger partial charge on any atom is 0.293 e. The molecule has 0 bridgehead atoms. The van der Waals surface area contributed by atoms with Crippen molar-refractivity contribution in [3.63, 3.8) is 0 Å². The van der Waals surface area contributed by atoms with E-state index in [1.165, 1.54) is 21.3 Å². The Bertz CT molecular complexity index is 927. The predicted molar refractivity (Wildman–Crippen MR) is 91.2 cm³/mol. The van der Waals surface area contributed by atoms with Crippen LogP contribution in [0.2, 0.25) is 0 Å². The van der Waals surface area contributed by atoms with Gasteiger partial charge in [-0.25, -0.2) is 4.99 Å². The van der Waals surface area contributed by atoms with Gasteiger partial charge in [0.1, 0.15) is 11.3 Å². The fourth-order valence-corrected chi connectivity index (χ4v) is 4.54. The largest absolute Gasteiger partial charge is 0.493 e. The standard InChI is InChI=1S/C18H18N4O5/c1-23-11-5-4-10(12(24-2)13(11)25-3)14-16(8-19)15(21)22-18(17(14,16)9-20)26-6-7-27-18/h4-5,14H,6-7H2,1-3H3,(H2,21,22)/t14-,16+,17-/m1/s1. The number of hydrogen-bond acceptors (Lipinski definition) is 9. The summed E-state index contributed by atoms with van der Waals surface area (Å²) in [5.41, 5.74) is 3.93. The van der Waals surface area contributed by atoms with E-state index in [9.17, 15) is 10.5 Å². The van der Waals surface area contributed by atoms with Crippen molar-refractivity contribution in [2.24, 2.45) is 21.6 Å². The fraction of sp³-hybridized carbons (Fsp3) is 0.500. The highest BCUT2D eigenvalue weighted by Gasteiger charge is 2.94. The highest BCUT2D eigenvalue weighted by Crippen LogP contribution is 2.83. The van der Waals surface area contributed by atoms with E-state index in [0.29, 0.717) is 22.8 Å². The van der Waals surface area contributed by atoms with Gasteiger partial charge in [0, 0.05) is 11.5 Å². The average Bonchev–Trinajstić information content (AvgIpc) is 2.93. The molecular weight excluding hydrogens is 352 g/mol. The molecular formula is C18H18N4O5. The Morgan fingerprint density at radius 1 is 1.07 bits per heavy atom. The van der Waals surface area contributed by atoms with Gasteiger partial charge in [-0.2, -0.15) is 10.5 Å². The third kappa shape index (κ3) is 1.67. The van der Waals surface area contributed by atoms with Crippen molar-refractivity contribution in [1.82, 2.24) is 0 Å². The highest BCUT2D eigenvalue weighted by atomic mass is 16.8. The molecule has 0 radical (unpaired) electrons. The Labute approximate surface area is 155 Å². The minimum atomic E-state index is -1.59. The molecule has 27 heavy (non-hydrogen) atoms. The first-order valence-corrected chi connectivity index (χ1v) is 8.28. The SMILES string of the molecule is COc1ccc([C@H]2[C@@]3(C#N)C4(N=C(N)[C@]23C#N)OCCO4)c(OC)c1OC. The van der Waals surface area contributed by atoms with Gasteiger partial charge < -0.3 is 29.4 Å². The van der Waals surface area contributed by atoms with E-state index in [-0.39, 0.29) is 19.0 Å². The van der Waals surface area contributed by atoms with Crippen molar-refractivity contribution in [3.8, 4) is 29.4 Å². The van der Waals surface area contributed by atoms with Crippen LogP contribution in [0.4, 0.5) is 0 Å². The van der Waals surface area contributed by atoms with Crippen LogP contribution in [0.1, 0.15) is 11.5 Å². The molecule has 0 aromatic heterocycles. The lowest BCUT2D eigenvalue weighted by Gasteiger charge is -2.26. The zero-order valence-electron chi connectivity index (χ0n) is 15.1. The van der Waals surface area contributed by atoms with Crippen molar-refractivity contribution in [1.29, 1.82) is 10.5 Å². The molecule has 9 heteroatoms. The lowest BCUT2D eigenvalue weighted by atomic mass is 9.93. The van der Waals surface area contributed by atoms with E-state index in [2.05, 4.69) is 17.1 Å². The summed E-state index contributed by atoms with van der Waals surface area (Å²) >= 11 is 0. The molecule has 2 N–H and O–H groups in total. The van der Waals surface area contributed by atoms with Crippen LogP contribution in [-0.2, 0) is 9.47 Å². The number of methoxy groups -OCH3 is 3. The van der Waals surface area contributed by atoms with Crippen LogP contribution in [0.5, 0.6) is 17.2 Å². The maximum atomic E-state index is 10.1. The zero-order valence-corrected chi connectivity index (χ0v) is 15.1. The lowest BCUT2D eigenvalue weighted by Crippen LogP contribution is -2.38. The molecule has 3 atom stereocenters. The van der Waals surface area contributed by atoms with Crippen molar-refractivity contribution in [2.45, 2.75) is 11.8 Å². The fourth-order valence-electron chi connectivity index (χ4n) is 4.54. The summed E-state index contributed by atoms with van der Waals surface area (Å²) in [5, 5.41) is 20.2. The van der Waals surface area contributed by atoms with Crippen LogP contribution in [0, 0.1) is 33.5 Å². The van der Waals surface area contributed by atoms with Crippen LogP contribution >= 0.6 is 0 Å². The third-order valence-corrected chi connectivity index (χ3v) is 5.65. The van der Waals surface area contributed by atoms with Gasteiger partial charge in [0.2, 0.25) is 5.75 Å². The van der Waals surface area contributed by atoms with E-state index in [1.807, 2.05) is 0 Å². The average molecular weight is 370 g/mol. The number of fused-ring (bicyclic) bond motifs is 2. The maximum absolute atomic E-state index is 10.1. The number of ether oxygens (including phenoxy) is 5. The summed E-state index contributed by atoms with van der Waals surface area (Å²) in [7, 11) is 4.47. The summed E-state index contributed by atoms with van der Waals surface area (Å²) in [5.74, 6) is -1.04. The van der Waals surface area contributed by atoms with Gasteiger partial charge in [-0.3, -0.25) is 0 Å². The lowest BCUT2D eigenvalue weighted by molar-refractivity contribution is -0.184. The number of amidine groups is 1. The van der Waals surface area contributed by atoms with Gasteiger partial charge in [0.15, 0.2) is 16.9 Å². The summed E-state index contributed by atoms with van der Waals surface area (Å²) in [6, 6.07) is 7.87. The molecule has 140 valence electrons. The first-order chi connectivity index (χ1) is 13.0. The van der Waals surface area contributed by atoms with Crippen molar-refractivity contribution >= 4 is 5.84 Å². The van der Waals surface area contributed by atoms with Gasteiger partial charge in [-0.05, 0) is 6.07 Å². The van der Waals surface area contributed by atoms with Gasteiger partial charge in [-0.15, -0.1) is 0 Å². The minimum Gasteiger partial charge on any atom is -0.493 e. The number of benzene rings is 1. The molecule has 1 aromatic rings. The molecule has 9 nitrogen and oxygen atoms in total. The van der Waals surface area contributed by atoms with Crippen LogP contribution in [0.3, 0.4) is 0 Å². The number of nitrogens with two attached hydrogens (primary N) is 1. The monoisotopic (exact) mass is 370 g/mol. The Hall–Kier alpha value is -3.01. The molecule has 0 amide bonds. The van der Waals surface area contributed by atoms with E-state index >= 15 is 0 Å². The highest BCUT2D eigenvalue weighted by molar-refractivity contribution is 6.00. The predicted octanol–water partition coefficient (Wildman–Crippen LogP) is 0.901. The number of nitrogens with zero attached hydrogens (tertiary/aromatic N) is 3. The Balaban J connectivity index is 1.96. The van der Waals surface area contributed by atoms with Crippen LogP contribution in [0.15, 0.2) is 17.1 Å². The molecule has 2 heterocycles. The second kappa shape index (κ2) is 5.49. The number of rotatable bonds is 4. The second-order valence-electron chi connectivity index (χ2n) is 6.47. The summed E-state index contributed by atoms with van der Waals surface area (Å²) in [4.78, 5) is 4.25. The number of hydrogen-bond donors (Lipinski definition) is 1. The van der Waals surface area contributed by atoms with E-state index in [1.54, 1.807) is 12.1 Å². The molecule has 1 aromatic carbocycles. The third-order valence-electron chi connectivity index (χ3n) is 5.65. The van der Waals surface area contributed by atoms with Gasteiger partial charge >= 0.3 is 0 Å². The molecule has 2 fully saturated rings. The van der Waals surface area contributed by atoms with E-state index < -0.39 is 22.7 Å². The summed E-state index contributed by atoms with van der Waals surface area (Å²) in [6.45, 7) is 0.523. The number of nitriles is 2. The van der Waals surface area contributed by atoms with Crippen LogP contribution in [0.25, 0.3) is 0 Å². The van der Waals surface area contributed by atoms with Gasteiger partial charge in [0.05, 0.1) is 46.7 Å². The minimum absolute atomic E-state index is 0.0234. The quantitative estimate of drug-likeness (QED) is 0.827. The molecule has 1 saturated carbocycles. The van der Waals surface area contributed by atoms with Crippen molar-refractivity contribution < 1.29 is 23.7 Å². The molecule has 1 saturated heterocycles. The van der Waals surface area contributed by atoms with E-state index in [0.717, 1.165) is 0 Å². The zero-order chi connectivity index (χ0) is 19.4. The van der Waals surface area contributed by atoms with E-state index in [4.69, 9.17) is 29.4 Å². The molecule has 2 aliphatic heterocycles. The summed E-state index contributed by atoms with van der Waals surface area (Å²) in [6.07, 6.45) is 0. The second-order valence-corrected chi connectivity index (χ2v) is 6.47. The molecule has 1 aliphatic carbocycles. The first kappa shape index (κ1) is 17.4. The smallest absolute Gasteiger partial charge is 0.293 e. The summed E-state index contributed by atoms with van der Waals surface area (Å²) < 4.78 is 27.7. The van der Waals surface area contributed by atoms with Gasteiger partial charge in [0.25, 0.3) is 5.91 Å². The topological polar surface area (TPSA) is 132 Å². The normalized spacial score (nSPS) is 32.2. The Morgan fingerprint density at radius 2 is 1.74 bits per heavy atom. The Kier molecular flexibility index (Phi) is 3.54. The molecule has 0 unspecified atom stereocenters. The molecule has 4 rings (SSSR count). The van der Waals surface area contributed by atoms with Crippen molar-refractivity contribution in [2.75, 3.05) is 34.5 Å². The Morgan fingerprint density at radius 3 is 2.26 bits per heavy atom. The molecule has 1 spiro atoms. The van der Waals surface area contributed by atoms with Crippen molar-refractivity contribution in [3.05, 3.63) is 17.7 Å². The first-order valence-electron chi connectivity index (χ1n) is 8.28.